The van der Waals surface area contributed by atoms with Crippen molar-refractivity contribution in [2.75, 3.05) is 13.7 Å². The molecule has 0 aliphatic heterocycles. The van der Waals surface area contributed by atoms with Gasteiger partial charge in [0.1, 0.15) is 17.6 Å². The fraction of sp³-hybridized carbons (Fsp3) is 0.294. The number of carboxylic acid groups (broad SMARTS) is 1. The second-order valence-electron chi connectivity index (χ2n) is 5.32. The summed E-state index contributed by atoms with van der Waals surface area (Å²) in [6, 6.07) is 7.63. The number of ether oxygens (including phenoxy) is 1. The van der Waals surface area contributed by atoms with Crippen LogP contribution >= 0.6 is 0 Å². The first-order valence-corrected chi connectivity index (χ1v) is 7.12. The Balaban J connectivity index is 2.23. The number of furan rings is 1. The maximum Gasteiger partial charge on any atom is 0.335 e. The van der Waals surface area contributed by atoms with Gasteiger partial charge in [0.25, 0.3) is 5.91 Å². The summed E-state index contributed by atoms with van der Waals surface area (Å²) in [5, 5.41) is 11.9. The molecule has 1 aromatic carbocycles. The molecule has 1 aromatic heterocycles. The van der Waals surface area contributed by atoms with Gasteiger partial charge in [0.05, 0.1) is 12.2 Å². The van der Waals surface area contributed by atoms with Gasteiger partial charge in [0, 0.05) is 12.7 Å². The van der Waals surface area contributed by atoms with Crippen LogP contribution in [0.4, 0.5) is 0 Å². The molecule has 6 nitrogen and oxygen atoms in total. The number of nitrogens with one attached hydrogen (secondary N) is 1. The van der Waals surface area contributed by atoms with Crippen molar-refractivity contribution in [2.45, 2.75) is 19.9 Å². The van der Waals surface area contributed by atoms with Crippen LogP contribution in [0.3, 0.4) is 0 Å². The highest BCUT2D eigenvalue weighted by atomic mass is 16.5. The fourth-order valence-corrected chi connectivity index (χ4v) is 2.28. The zero-order valence-electron chi connectivity index (χ0n) is 13.3. The first-order chi connectivity index (χ1) is 10.9. The van der Waals surface area contributed by atoms with Gasteiger partial charge in [-0.3, -0.25) is 4.79 Å². The van der Waals surface area contributed by atoms with Crippen LogP contribution in [-0.4, -0.2) is 30.7 Å². The Kier molecular flexibility index (Phi) is 5.18. The summed E-state index contributed by atoms with van der Waals surface area (Å²) in [4.78, 5) is 23.5. The van der Waals surface area contributed by atoms with Gasteiger partial charge >= 0.3 is 5.97 Å². The summed E-state index contributed by atoms with van der Waals surface area (Å²) in [5.41, 5.74) is 1.06. The quantitative estimate of drug-likeness (QED) is 0.855. The van der Waals surface area contributed by atoms with Crippen LogP contribution in [0.5, 0.6) is 0 Å². The van der Waals surface area contributed by atoms with Crippen LogP contribution in [0.25, 0.3) is 0 Å². The number of aryl methyl sites for hydroxylation is 2. The molecule has 1 atom stereocenters. The molecule has 0 spiro atoms. The Bertz CT molecular complexity index is 720. The van der Waals surface area contributed by atoms with Gasteiger partial charge in [-0.15, -0.1) is 0 Å². The lowest BCUT2D eigenvalue weighted by Gasteiger charge is -2.16. The van der Waals surface area contributed by atoms with Gasteiger partial charge in [-0.1, -0.05) is 0 Å². The number of carbonyl (C=O) groups excluding carboxylic acids is 1. The van der Waals surface area contributed by atoms with Crippen LogP contribution in [-0.2, 0) is 4.74 Å². The molecule has 2 aromatic rings. The summed E-state index contributed by atoms with van der Waals surface area (Å²) in [6.45, 7) is 3.80. The van der Waals surface area contributed by atoms with Gasteiger partial charge < -0.3 is 19.6 Å². The highest BCUT2D eigenvalue weighted by Crippen LogP contribution is 2.18. The normalized spacial score (nSPS) is 12.0. The Hall–Kier alpha value is -2.60. The number of aromatic carboxylic acids is 1. The predicted octanol–water partition coefficient (Wildman–Crippen LogP) is 2.71. The van der Waals surface area contributed by atoms with Crippen molar-refractivity contribution in [3.63, 3.8) is 0 Å². The van der Waals surface area contributed by atoms with Crippen molar-refractivity contribution in [3.8, 4) is 0 Å². The third-order valence-electron chi connectivity index (χ3n) is 3.33. The van der Waals surface area contributed by atoms with E-state index >= 15 is 0 Å². The van der Waals surface area contributed by atoms with Crippen LogP contribution < -0.4 is 5.32 Å². The van der Waals surface area contributed by atoms with Crippen molar-refractivity contribution in [3.05, 3.63) is 58.5 Å². The Labute approximate surface area is 134 Å². The highest BCUT2D eigenvalue weighted by Gasteiger charge is 2.19. The number of carbonyl (C=O) groups is 2. The Morgan fingerprint density at radius 3 is 2.48 bits per heavy atom. The molecule has 1 unspecified atom stereocenters. The first kappa shape index (κ1) is 16.8. The topological polar surface area (TPSA) is 88.8 Å². The van der Waals surface area contributed by atoms with Gasteiger partial charge in [0.2, 0.25) is 0 Å². The molecular weight excluding hydrogens is 298 g/mol. The minimum atomic E-state index is -1.07. The van der Waals surface area contributed by atoms with Crippen molar-refractivity contribution in [1.29, 1.82) is 0 Å². The summed E-state index contributed by atoms with van der Waals surface area (Å²) >= 11 is 0. The molecule has 0 saturated heterocycles. The summed E-state index contributed by atoms with van der Waals surface area (Å²) in [5.74, 6) is -0.131. The van der Waals surface area contributed by atoms with Gasteiger partial charge in [-0.2, -0.15) is 0 Å². The number of amides is 1. The van der Waals surface area contributed by atoms with E-state index < -0.39 is 12.0 Å². The number of carboxylic acids is 1. The third kappa shape index (κ3) is 4.20. The molecule has 0 aliphatic carbocycles. The summed E-state index contributed by atoms with van der Waals surface area (Å²) < 4.78 is 10.7. The largest absolute Gasteiger partial charge is 0.478 e. The number of rotatable bonds is 6. The lowest BCUT2D eigenvalue weighted by molar-refractivity contribution is 0.0696. The van der Waals surface area contributed by atoms with Gasteiger partial charge in [0.15, 0.2) is 0 Å². The molecule has 122 valence electrons. The first-order valence-electron chi connectivity index (χ1n) is 7.12. The van der Waals surface area contributed by atoms with E-state index in [4.69, 9.17) is 14.3 Å². The molecular formula is C17H19NO5. The average molecular weight is 317 g/mol. The van der Waals surface area contributed by atoms with E-state index in [9.17, 15) is 9.59 Å². The van der Waals surface area contributed by atoms with E-state index in [2.05, 4.69) is 5.32 Å². The van der Waals surface area contributed by atoms with E-state index in [1.165, 1.54) is 19.2 Å². The van der Waals surface area contributed by atoms with E-state index in [-0.39, 0.29) is 23.6 Å². The Morgan fingerprint density at radius 1 is 1.22 bits per heavy atom. The van der Waals surface area contributed by atoms with E-state index in [0.717, 1.165) is 5.76 Å². The monoisotopic (exact) mass is 317 g/mol. The van der Waals surface area contributed by atoms with E-state index in [1.54, 1.807) is 25.1 Å². The van der Waals surface area contributed by atoms with Crippen molar-refractivity contribution in [2.24, 2.45) is 0 Å². The standard InChI is InChI=1S/C17H19NO5/c1-10-6-12(8-13(7-10)17(20)21)16(19)18-14(9-22-3)15-5-4-11(2)23-15/h4-8,14H,9H2,1-3H3,(H,18,19)(H,20,21). The number of methoxy groups -OCH3 is 1. The summed E-state index contributed by atoms with van der Waals surface area (Å²) in [6.07, 6.45) is 0. The zero-order chi connectivity index (χ0) is 17.0. The minimum Gasteiger partial charge on any atom is -0.478 e. The molecule has 0 saturated carbocycles. The smallest absolute Gasteiger partial charge is 0.335 e. The predicted molar refractivity (Wildman–Crippen MR) is 83.7 cm³/mol. The summed E-state index contributed by atoms with van der Waals surface area (Å²) in [7, 11) is 1.53. The molecule has 1 heterocycles. The van der Waals surface area contributed by atoms with Crippen molar-refractivity contribution in [1.82, 2.24) is 5.32 Å². The molecule has 23 heavy (non-hydrogen) atoms. The minimum absolute atomic E-state index is 0.0762. The SMILES string of the molecule is COCC(NC(=O)c1cc(C)cc(C(=O)O)c1)c1ccc(C)o1. The lowest BCUT2D eigenvalue weighted by atomic mass is 10.1. The van der Waals surface area contributed by atoms with Gasteiger partial charge in [-0.25, -0.2) is 4.79 Å². The third-order valence-corrected chi connectivity index (χ3v) is 3.33. The number of benzene rings is 1. The lowest BCUT2D eigenvalue weighted by Crippen LogP contribution is -2.31. The van der Waals surface area contributed by atoms with E-state index in [0.29, 0.717) is 11.3 Å². The zero-order valence-corrected chi connectivity index (χ0v) is 13.3. The maximum atomic E-state index is 12.4. The molecule has 0 radical (unpaired) electrons. The fourth-order valence-electron chi connectivity index (χ4n) is 2.28. The highest BCUT2D eigenvalue weighted by molar-refractivity contribution is 5.98. The average Bonchev–Trinajstić information content (AvgIpc) is 2.92. The second-order valence-corrected chi connectivity index (χ2v) is 5.32. The molecule has 0 aliphatic rings. The van der Waals surface area contributed by atoms with Crippen LogP contribution in [0.2, 0.25) is 0 Å². The van der Waals surface area contributed by atoms with Crippen molar-refractivity contribution >= 4 is 11.9 Å². The molecule has 1 amide bonds. The van der Waals surface area contributed by atoms with Crippen LogP contribution in [0.1, 0.15) is 43.8 Å². The number of hydrogen-bond acceptors (Lipinski definition) is 4. The van der Waals surface area contributed by atoms with E-state index in [1.807, 2.05) is 6.92 Å². The number of hydrogen-bond donors (Lipinski definition) is 2. The van der Waals surface area contributed by atoms with Crippen LogP contribution in [0, 0.1) is 13.8 Å². The van der Waals surface area contributed by atoms with Crippen molar-refractivity contribution < 1.29 is 23.8 Å². The Morgan fingerprint density at radius 2 is 1.91 bits per heavy atom. The second kappa shape index (κ2) is 7.11. The molecule has 2 N–H and O–H groups in total. The maximum absolute atomic E-state index is 12.4. The van der Waals surface area contributed by atoms with Gasteiger partial charge in [-0.05, 0) is 49.7 Å². The van der Waals surface area contributed by atoms with Crippen LogP contribution in [0.15, 0.2) is 34.7 Å². The molecule has 6 heteroatoms. The molecule has 0 fully saturated rings. The molecule has 0 bridgehead atoms. The molecule has 2 rings (SSSR count).